The first kappa shape index (κ1) is 18.4. The molecule has 0 aliphatic heterocycles. The lowest BCUT2D eigenvalue weighted by molar-refractivity contribution is 0.0837. The van der Waals surface area contributed by atoms with E-state index in [0.717, 1.165) is 13.0 Å². The van der Waals surface area contributed by atoms with Crippen LogP contribution in [0.3, 0.4) is 0 Å². The molecule has 3 heteroatoms. The quantitative estimate of drug-likeness (QED) is 0.605. The highest BCUT2D eigenvalue weighted by molar-refractivity contribution is 6.31. The Labute approximate surface area is 154 Å². The topological polar surface area (TPSA) is 18.5 Å². The molecule has 2 radical (unpaired) electrons. The molecule has 0 amide bonds. The minimum Gasteiger partial charge on any atom is -0.416 e. The maximum atomic E-state index is 6.34. The fourth-order valence-corrected chi connectivity index (χ4v) is 4.33. The molecule has 0 saturated heterocycles. The van der Waals surface area contributed by atoms with Gasteiger partial charge in [-0.1, -0.05) is 75.7 Å². The van der Waals surface area contributed by atoms with E-state index in [9.17, 15) is 0 Å². The third kappa shape index (κ3) is 3.46. The molecule has 0 spiro atoms. The van der Waals surface area contributed by atoms with Gasteiger partial charge in [0.05, 0.1) is 12.0 Å². The van der Waals surface area contributed by atoms with E-state index >= 15 is 0 Å². The molecule has 0 aromatic heterocycles. The maximum Gasteiger partial charge on any atom is 0.236 e. The van der Waals surface area contributed by atoms with Crippen LogP contribution in [-0.4, -0.2) is 29.6 Å². The minimum atomic E-state index is -0.208. The summed E-state index contributed by atoms with van der Waals surface area (Å²) in [6.45, 7) is 10.9. The van der Waals surface area contributed by atoms with Gasteiger partial charge in [0.1, 0.15) is 0 Å². The smallest absolute Gasteiger partial charge is 0.236 e. The van der Waals surface area contributed by atoms with Gasteiger partial charge in [-0.3, -0.25) is 0 Å². The monoisotopic (exact) mass is 352 g/mol. The highest BCUT2D eigenvalue weighted by atomic mass is 28.2. The lowest BCUT2D eigenvalue weighted by atomic mass is 9.79. The summed E-state index contributed by atoms with van der Waals surface area (Å²) in [5.41, 5.74) is 5.10. The SMILES string of the molecule is CCOCC1(CO[Si]C(C)(C)CC)c2ccccc2-c2ccccc21. The predicted octanol–water partition coefficient (Wildman–Crippen LogP) is 5.23. The number of benzene rings is 2. The second kappa shape index (κ2) is 7.44. The van der Waals surface area contributed by atoms with Gasteiger partial charge in [-0.25, -0.2) is 0 Å². The average Bonchev–Trinajstić information content (AvgIpc) is 2.91. The van der Waals surface area contributed by atoms with Gasteiger partial charge in [0.25, 0.3) is 0 Å². The third-order valence-corrected chi connectivity index (χ3v) is 6.47. The van der Waals surface area contributed by atoms with Crippen LogP contribution in [0.4, 0.5) is 0 Å². The van der Waals surface area contributed by atoms with Gasteiger partial charge in [-0.05, 0) is 34.2 Å². The Hall–Kier alpha value is -1.42. The zero-order valence-corrected chi connectivity index (χ0v) is 16.8. The molecule has 0 unspecified atom stereocenters. The van der Waals surface area contributed by atoms with E-state index in [1.807, 2.05) is 0 Å². The Bertz CT molecular complexity index is 678. The van der Waals surface area contributed by atoms with Crippen molar-refractivity contribution in [3.63, 3.8) is 0 Å². The zero-order chi connectivity index (χ0) is 17.9. The molecule has 1 aliphatic carbocycles. The van der Waals surface area contributed by atoms with Gasteiger partial charge in [-0.2, -0.15) is 0 Å². The van der Waals surface area contributed by atoms with Crippen LogP contribution in [0, 0.1) is 0 Å². The maximum absolute atomic E-state index is 6.34. The van der Waals surface area contributed by atoms with Gasteiger partial charge < -0.3 is 9.16 Å². The van der Waals surface area contributed by atoms with E-state index in [-0.39, 0.29) is 10.5 Å². The van der Waals surface area contributed by atoms with Crippen LogP contribution in [0.25, 0.3) is 11.1 Å². The van der Waals surface area contributed by atoms with Crippen molar-refractivity contribution in [2.45, 2.75) is 44.6 Å². The molecule has 0 atom stereocenters. The zero-order valence-electron chi connectivity index (χ0n) is 15.8. The lowest BCUT2D eigenvalue weighted by Crippen LogP contribution is -2.38. The second-order valence-corrected chi connectivity index (χ2v) is 9.28. The Morgan fingerprint density at radius 2 is 1.44 bits per heavy atom. The Kier molecular flexibility index (Phi) is 5.47. The normalized spacial score (nSPS) is 15.0. The summed E-state index contributed by atoms with van der Waals surface area (Å²) >= 11 is 0. The molecular weight excluding hydrogens is 324 g/mol. The van der Waals surface area contributed by atoms with Crippen LogP contribution >= 0.6 is 0 Å². The summed E-state index contributed by atoms with van der Waals surface area (Å²) in [4.78, 5) is 0. The van der Waals surface area contributed by atoms with Crippen LogP contribution in [0.5, 0.6) is 0 Å². The predicted molar refractivity (Wildman–Crippen MR) is 105 cm³/mol. The van der Waals surface area contributed by atoms with Gasteiger partial charge in [0, 0.05) is 13.2 Å². The van der Waals surface area contributed by atoms with Gasteiger partial charge >= 0.3 is 0 Å². The fraction of sp³-hybridized carbons (Fsp3) is 0.455. The van der Waals surface area contributed by atoms with Crippen molar-refractivity contribution >= 4 is 9.76 Å². The van der Waals surface area contributed by atoms with E-state index in [0.29, 0.717) is 23.0 Å². The summed E-state index contributed by atoms with van der Waals surface area (Å²) in [5, 5.41) is 0.227. The number of rotatable bonds is 8. The van der Waals surface area contributed by atoms with E-state index in [4.69, 9.17) is 9.16 Å². The van der Waals surface area contributed by atoms with Crippen molar-refractivity contribution in [3.8, 4) is 11.1 Å². The summed E-state index contributed by atoms with van der Waals surface area (Å²) in [5.74, 6) is 0. The van der Waals surface area contributed by atoms with Crippen molar-refractivity contribution in [3.05, 3.63) is 59.7 Å². The van der Waals surface area contributed by atoms with Gasteiger partial charge in [0.15, 0.2) is 0 Å². The summed E-state index contributed by atoms with van der Waals surface area (Å²) in [6, 6.07) is 17.4. The summed E-state index contributed by atoms with van der Waals surface area (Å²) < 4.78 is 12.3. The standard InChI is InChI=1S/C22H28O2Si/c1-5-21(3,4)25-24-16-22(15-23-6-2)19-13-9-7-11-17(19)18-12-8-10-14-20(18)22/h7-14H,5-6,15-16H2,1-4H3. The van der Waals surface area contributed by atoms with Crippen LogP contribution in [0.2, 0.25) is 5.04 Å². The van der Waals surface area contributed by atoms with Crippen molar-refractivity contribution < 1.29 is 9.16 Å². The van der Waals surface area contributed by atoms with E-state index in [1.165, 1.54) is 22.3 Å². The molecule has 0 N–H and O–H groups in total. The van der Waals surface area contributed by atoms with E-state index in [1.54, 1.807) is 0 Å². The van der Waals surface area contributed by atoms with Crippen LogP contribution < -0.4 is 0 Å². The molecule has 0 saturated carbocycles. The van der Waals surface area contributed by atoms with Crippen molar-refractivity contribution in [1.29, 1.82) is 0 Å². The first-order chi connectivity index (χ1) is 12.0. The van der Waals surface area contributed by atoms with Crippen LogP contribution in [0.15, 0.2) is 48.5 Å². The van der Waals surface area contributed by atoms with Crippen molar-refractivity contribution in [2.24, 2.45) is 0 Å². The Balaban J connectivity index is 1.99. The summed E-state index contributed by atoms with van der Waals surface area (Å²) in [7, 11) is 0.490. The molecule has 0 heterocycles. The summed E-state index contributed by atoms with van der Waals surface area (Å²) in [6.07, 6.45) is 1.12. The first-order valence-corrected chi connectivity index (χ1v) is 10.1. The number of ether oxygens (including phenoxy) is 1. The van der Waals surface area contributed by atoms with Crippen LogP contribution in [0.1, 0.15) is 45.2 Å². The second-order valence-electron chi connectivity index (χ2n) is 7.44. The van der Waals surface area contributed by atoms with Crippen LogP contribution in [-0.2, 0) is 14.6 Å². The molecule has 0 bridgehead atoms. The molecule has 2 aromatic carbocycles. The molecule has 132 valence electrons. The first-order valence-electron chi connectivity index (χ1n) is 9.20. The van der Waals surface area contributed by atoms with Crippen molar-refractivity contribution in [2.75, 3.05) is 19.8 Å². The highest BCUT2D eigenvalue weighted by Gasteiger charge is 2.43. The minimum absolute atomic E-state index is 0.208. The lowest BCUT2D eigenvalue weighted by Gasteiger charge is -2.33. The van der Waals surface area contributed by atoms with Crippen molar-refractivity contribution in [1.82, 2.24) is 0 Å². The largest absolute Gasteiger partial charge is 0.416 e. The Morgan fingerprint density at radius 1 is 0.880 bits per heavy atom. The molecule has 25 heavy (non-hydrogen) atoms. The number of hydrogen-bond donors (Lipinski definition) is 0. The average molecular weight is 353 g/mol. The fourth-order valence-electron chi connectivity index (χ4n) is 3.47. The molecule has 2 nitrogen and oxygen atoms in total. The molecule has 3 rings (SSSR count). The number of hydrogen-bond acceptors (Lipinski definition) is 2. The van der Waals surface area contributed by atoms with E-state index in [2.05, 4.69) is 76.2 Å². The molecule has 0 fully saturated rings. The Morgan fingerprint density at radius 3 is 1.96 bits per heavy atom. The molecular formula is C22H28O2Si. The van der Waals surface area contributed by atoms with E-state index < -0.39 is 0 Å². The molecule has 1 aliphatic rings. The highest BCUT2D eigenvalue weighted by Crippen LogP contribution is 2.49. The van der Waals surface area contributed by atoms with Gasteiger partial charge in [-0.15, -0.1) is 0 Å². The third-order valence-electron chi connectivity index (χ3n) is 5.28. The number of fused-ring (bicyclic) bond motifs is 3. The van der Waals surface area contributed by atoms with Gasteiger partial charge in [0.2, 0.25) is 9.76 Å². The molecule has 2 aromatic rings.